The van der Waals surface area contributed by atoms with E-state index in [4.69, 9.17) is 14.2 Å². The van der Waals surface area contributed by atoms with E-state index in [1.165, 1.54) is 11.8 Å². The van der Waals surface area contributed by atoms with E-state index in [0.717, 1.165) is 28.8 Å². The Bertz CT molecular complexity index is 1150. The Kier molecular flexibility index (Phi) is 6.55. The van der Waals surface area contributed by atoms with Crippen molar-refractivity contribution in [3.63, 3.8) is 0 Å². The molecule has 2 heterocycles. The molecule has 1 aromatic heterocycles. The van der Waals surface area contributed by atoms with Crippen LogP contribution in [0.2, 0.25) is 0 Å². The van der Waals surface area contributed by atoms with Crippen LogP contribution in [0.15, 0.2) is 35.5 Å². The number of methoxy groups -OCH3 is 1. The maximum absolute atomic E-state index is 12.5. The normalized spacial score (nSPS) is 12.9. The van der Waals surface area contributed by atoms with E-state index in [2.05, 4.69) is 15.5 Å². The zero-order valence-electron chi connectivity index (χ0n) is 18.6. The number of fused-ring (bicyclic) bond motifs is 1. The number of aromatic nitrogens is 3. The number of ether oxygens (including phenoxy) is 3. The van der Waals surface area contributed by atoms with E-state index in [1.54, 1.807) is 7.11 Å². The Hall–Kier alpha value is -3.20. The number of benzene rings is 2. The van der Waals surface area contributed by atoms with E-state index in [-0.39, 0.29) is 11.7 Å². The second-order valence-electron chi connectivity index (χ2n) is 7.57. The van der Waals surface area contributed by atoms with E-state index in [9.17, 15) is 4.79 Å². The fourth-order valence-electron chi connectivity index (χ4n) is 3.48. The third-order valence-electron chi connectivity index (χ3n) is 5.13. The molecule has 0 saturated heterocycles. The zero-order valence-corrected chi connectivity index (χ0v) is 19.4. The monoisotopic (exact) mass is 454 g/mol. The van der Waals surface area contributed by atoms with Crippen molar-refractivity contribution in [3.8, 4) is 28.6 Å². The first-order valence-corrected chi connectivity index (χ1v) is 11.3. The molecule has 1 amide bonds. The highest BCUT2D eigenvalue weighted by Gasteiger charge is 2.21. The van der Waals surface area contributed by atoms with Gasteiger partial charge in [-0.05, 0) is 31.5 Å². The zero-order chi connectivity index (χ0) is 22.7. The first-order chi connectivity index (χ1) is 15.5. The summed E-state index contributed by atoms with van der Waals surface area (Å²) in [5.41, 5.74) is 3.76. The van der Waals surface area contributed by atoms with Gasteiger partial charge in [0.15, 0.2) is 22.5 Å². The maximum atomic E-state index is 12.5. The van der Waals surface area contributed by atoms with Crippen LogP contribution >= 0.6 is 11.8 Å². The highest BCUT2D eigenvalue weighted by molar-refractivity contribution is 7.99. The Morgan fingerprint density at radius 3 is 2.62 bits per heavy atom. The molecule has 0 bridgehead atoms. The van der Waals surface area contributed by atoms with Crippen molar-refractivity contribution in [2.45, 2.75) is 25.4 Å². The van der Waals surface area contributed by atoms with Crippen LogP contribution in [0.1, 0.15) is 17.5 Å². The third-order valence-corrected chi connectivity index (χ3v) is 6.15. The molecular formula is C23H26N4O4S. The van der Waals surface area contributed by atoms with Crippen LogP contribution in [-0.4, -0.2) is 46.7 Å². The number of aryl methyl sites for hydroxylation is 2. The fraction of sp³-hybridized carbons (Fsp3) is 0.348. The highest BCUT2D eigenvalue weighted by atomic mass is 32.2. The second kappa shape index (κ2) is 9.52. The van der Waals surface area contributed by atoms with Gasteiger partial charge in [0.05, 0.1) is 31.6 Å². The Morgan fingerprint density at radius 1 is 1.16 bits per heavy atom. The van der Waals surface area contributed by atoms with Gasteiger partial charge in [0.25, 0.3) is 0 Å². The number of amides is 1. The molecular weight excluding hydrogens is 428 g/mol. The van der Waals surface area contributed by atoms with Crippen LogP contribution in [0.3, 0.4) is 0 Å². The predicted molar refractivity (Wildman–Crippen MR) is 124 cm³/mol. The lowest BCUT2D eigenvalue weighted by Gasteiger charge is -2.13. The minimum atomic E-state index is -0.0975. The summed E-state index contributed by atoms with van der Waals surface area (Å²) in [5.74, 6) is 2.67. The molecule has 1 aliphatic heterocycles. The molecule has 9 heteroatoms. The number of thioether (sulfide) groups is 1. The van der Waals surface area contributed by atoms with Crippen LogP contribution in [-0.2, 0) is 11.8 Å². The number of hydrogen-bond acceptors (Lipinski definition) is 7. The molecule has 0 unspecified atom stereocenters. The van der Waals surface area contributed by atoms with Crippen LogP contribution in [0.4, 0.5) is 5.69 Å². The Morgan fingerprint density at radius 2 is 1.91 bits per heavy atom. The summed E-state index contributed by atoms with van der Waals surface area (Å²) in [6, 6.07) is 9.62. The lowest BCUT2D eigenvalue weighted by atomic mass is 10.1. The molecule has 0 radical (unpaired) electrons. The summed E-state index contributed by atoms with van der Waals surface area (Å²) in [7, 11) is 3.47. The minimum absolute atomic E-state index is 0.0975. The number of hydrogen-bond donors (Lipinski definition) is 1. The van der Waals surface area contributed by atoms with Gasteiger partial charge in [0.2, 0.25) is 5.91 Å². The molecule has 3 aromatic rings. The van der Waals surface area contributed by atoms with E-state index in [0.29, 0.717) is 41.4 Å². The minimum Gasteiger partial charge on any atom is -0.496 e. The molecule has 4 rings (SSSR count). The third kappa shape index (κ3) is 4.67. The Balaban J connectivity index is 1.50. The number of anilines is 1. The molecule has 0 fully saturated rings. The second-order valence-corrected chi connectivity index (χ2v) is 8.51. The van der Waals surface area contributed by atoms with E-state index < -0.39 is 0 Å². The summed E-state index contributed by atoms with van der Waals surface area (Å²) in [6.07, 6.45) is 0.821. The molecule has 1 aliphatic rings. The average molecular weight is 455 g/mol. The molecule has 0 aliphatic carbocycles. The van der Waals surface area contributed by atoms with Gasteiger partial charge >= 0.3 is 0 Å². The number of nitrogens with one attached hydrogen (secondary N) is 1. The van der Waals surface area contributed by atoms with Crippen LogP contribution in [0.25, 0.3) is 11.4 Å². The molecule has 0 atom stereocenters. The highest BCUT2D eigenvalue weighted by Crippen LogP contribution is 2.41. The summed E-state index contributed by atoms with van der Waals surface area (Å²) < 4.78 is 19.0. The lowest BCUT2D eigenvalue weighted by molar-refractivity contribution is -0.113. The van der Waals surface area contributed by atoms with Gasteiger partial charge in [-0.2, -0.15) is 0 Å². The van der Waals surface area contributed by atoms with Crippen molar-refractivity contribution in [2.24, 2.45) is 7.05 Å². The molecule has 8 nitrogen and oxygen atoms in total. The number of carbonyl (C=O) groups excluding carboxylic acids is 1. The van der Waals surface area contributed by atoms with E-state index in [1.807, 2.05) is 55.8 Å². The van der Waals surface area contributed by atoms with Crippen molar-refractivity contribution in [1.29, 1.82) is 0 Å². The summed E-state index contributed by atoms with van der Waals surface area (Å²) >= 11 is 1.33. The van der Waals surface area contributed by atoms with Gasteiger partial charge < -0.3 is 24.1 Å². The molecule has 0 saturated carbocycles. The topological polar surface area (TPSA) is 87.5 Å². The standard InChI is InChI=1S/C23H26N4O4S/c1-14-6-7-17(15(2)10-14)24-21(28)13-32-23-26-25-22(27(23)3)16-11-19-20(12-18(16)29-4)31-9-5-8-30-19/h6-7,10-12H,5,8-9,13H2,1-4H3,(H,24,28). The van der Waals surface area contributed by atoms with Crippen LogP contribution in [0.5, 0.6) is 17.2 Å². The number of rotatable bonds is 6. The van der Waals surface area contributed by atoms with Crippen molar-refractivity contribution < 1.29 is 19.0 Å². The average Bonchev–Trinajstić information content (AvgIpc) is 2.98. The summed E-state index contributed by atoms with van der Waals surface area (Å²) in [6.45, 7) is 5.20. The van der Waals surface area contributed by atoms with E-state index >= 15 is 0 Å². The van der Waals surface area contributed by atoms with Crippen LogP contribution in [0, 0.1) is 13.8 Å². The maximum Gasteiger partial charge on any atom is 0.234 e. The smallest absolute Gasteiger partial charge is 0.234 e. The van der Waals surface area contributed by atoms with Crippen LogP contribution < -0.4 is 19.5 Å². The van der Waals surface area contributed by atoms with Crippen molar-refractivity contribution in [3.05, 3.63) is 41.5 Å². The van der Waals surface area contributed by atoms with Crippen molar-refractivity contribution >= 4 is 23.4 Å². The number of carbonyl (C=O) groups is 1. The van der Waals surface area contributed by atoms with Crippen molar-refractivity contribution in [1.82, 2.24) is 14.8 Å². The largest absolute Gasteiger partial charge is 0.496 e. The quantitative estimate of drug-likeness (QED) is 0.563. The molecule has 32 heavy (non-hydrogen) atoms. The van der Waals surface area contributed by atoms with Gasteiger partial charge in [0.1, 0.15) is 5.75 Å². The molecule has 168 valence electrons. The molecule has 1 N–H and O–H groups in total. The van der Waals surface area contributed by atoms with Gasteiger partial charge in [-0.3, -0.25) is 4.79 Å². The van der Waals surface area contributed by atoms with Gasteiger partial charge in [-0.1, -0.05) is 29.5 Å². The Labute approximate surface area is 191 Å². The fourth-order valence-corrected chi connectivity index (χ4v) is 4.19. The summed E-state index contributed by atoms with van der Waals surface area (Å²) in [4.78, 5) is 12.5. The lowest BCUT2D eigenvalue weighted by Crippen LogP contribution is -2.15. The number of nitrogens with zero attached hydrogens (tertiary/aromatic N) is 3. The van der Waals surface area contributed by atoms with Crippen molar-refractivity contribution in [2.75, 3.05) is 31.4 Å². The van der Waals surface area contributed by atoms with Gasteiger partial charge in [0, 0.05) is 25.2 Å². The molecule has 2 aromatic carbocycles. The van der Waals surface area contributed by atoms with Gasteiger partial charge in [-0.15, -0.1) is 10.2 Å². The van der Waals surface area contributed by atoms with Gasteiger partial charge in [-0.25, -0.2) is 0 Å². The molecule has 0 spiro atoms. The first kappa shape index (κ1) is 22.0. The SMILES string of the molecule is COc1cc2c(cc1-c1nnc(SCC(=O)Nc3ccc(C)cc3C)n1C)OCCCO2. The summed E-state index contributed by atoms with van der Waals surface area (Å²) in [5, 5.41) is 12.2. The first-order valence-electron chi connectivity index (χ1n) is 10.3. The predicted octanol–water partition coefficient (Wildman–Crippen LogP) is 4.00.